The van der Waals surface area contributed by atoms with Crippen molar-refractivity contribution in [3.05, 3.63) is 53.6 Å². The van der Waals surface area contributed by atoms with Crippen LogP contribution in [0.5, 0.6) is 5.75 Å². The molecule has 0 fully saturated rings. The Bertz CT molecular complexity index is 621. The van der Waals surface area contributed by atoms with Crippen molar-refractivity contribution in [1.29, 1.82) is 0 Å². The average molecular weight is 288 g/mol. The van der Waals surface area contributed by atoms with Gasteiger partial charge in [-0.15, -0.1) is 0 Å². The van der Waals surface area contributed by atoms with Crippen LogP contribution in [0.1, 0.15) is 25.1 Å². The van der Waals surface area contributed by atoms with Gasteiger partial charge in [-0.05, 0) is 30.3 Å². The quantitative estimate of drug-likeness (QED) is 0.915. The fourth-order valence-electron chi connectivity index (χ4n) is 2.71. The Balaban J connectivity index is 1.65. The van der Waals surface area contributed by atoms with E-state index in [0.29, 0.717) is 6.04 Å². The molecule has 1 aromatic heterocycles. The van der Waals surface area contributed by atoms with E-state index < -0.39 is 0 Å². The Morgan fingerprint density at radius 2 is 2.24 bits per heavy atom. The Kier molecular flexibility index (Phi) is 3.97. The van der Waals surface area contributed by atoms with Crippen molar-refractivity contribution >= 4 is 0 Å². The van der Waals surface area contributed by atoms with E-state index in [4.69, 9.17) is 4.74 Å². The number of hydrogen-bond donors (Lipinski definition) is 1. The number of fused-ring (bicyclic) bond motifs is 1. The summed E-state index contributed by atoms with van der Waals surface area (Å²) in [5, 5.41) is 3.43. The summed E-state index contributed by atoms with van der Waals surface area (Å²) in [4.78, 5) is 0. The molecule has 1 aliphatic heterocycles. The monoisotopic (exact) mass is 288 g/mol. The van der Waals surface area contributed by atoms with E-state index in [1.54, 1.807) is 12.1 Å². The van der Waals surface area contributed by atoms with E-state index in [1.807, 2.05) is 0 Å². The molecule has 2 aromatic rings. The zero-order valence-electron chi connectivity index (χ0n) is 12.5. The highest BCUT2D eigenvalue weighted by molar-refractivity contribution is 5.37. The summed E-state index contributed by atoms with van der Waals surface area (Å²) in [6.07, 6.45) is 2.92. The highest BCUT2D eigenvalue weighted by Gasteiger charge is 2.23. The third-order valence-corrected chi connectivity index (χ3v) is 3.78. The maximum Gasteiger partial charge on any atom is 0.123 e. The van der Waals surface area contributed by atoms with Crippen LogP contribution in [0, 0.1) is 5.82 Å². The molecule has 1 atom stereocenters. The lowest BCUT2D eigenvalue weighted by molar-refractivity contribution is 0.207. The molecule has 1 N–H and O–H groups in total. The van der Waals surface area contributed by atoms with Crippen molar-refractivity contribution in [2.75, 3.05) is 0 Å². The number of hydrogen-bond acceptors (Lipinski definition) is 2. The number of halogens is 1. The molecular formula is C17H21FN2O. The van der Waals surface area contributed by atoms with E-state index in [2.05, 4.69) is 42.1 Å². The lowest BCUT2D eigenvalue weighted by atomic mass is 10.1. The van der Waals surface area contributed by atoms with Crippen molar-refractivity contribution in [2.45, 2.75) is 45.5 Å². The normalized spacial score (nSPS) is 17.0. The van der Waals surface area contributed by atoms with E-state index >= 15 is 0 Å². The Morgan fingerprint density at radius 3 is 3.05 bits per heavy atom. The van der Waals surface area contributed by atoms with Gasteiger partial charge in [0, 0.05) is 36.5 Å². The van der Waals surface area contributed by atoms with Crippen molar-refractivity contribution in [3.63, 3.8) is 0 Å². The largest absolute Gasteiger partial charge is 0.488 e. The highest BCUT2D eigenvalue weighted by atomic mass is 19.1. The molecule has 1 unspecified atom stereocenters. The minimum absolute atomic E-state index is 0.0759. The number of rotatable bonds is 5. The van der Waals surface area contributed by atoms with Gasteiger partial charge in [0.25, 0.3) is 0 Å². The molecular weight excluding hydrogens is 267 g/mol. The van der Waals surface area contributed by atoms with Gasteiger partial charge in [0.2, 0.25) is 0 Å². The molecule has 0 saturated carbocycles. The van der Waals surface area contributed by atoms with Gasteiger partial charge in [0.05, 0.1) is 6.54 Å². The summed E-state index contributed by atoms with van der Waals surface area (Å²) in [6.45, 7) is 5.91. The average Bonchev–Trinajstić information content (AvgIpc) is 3.02. The van der Waals surface area contributed by atoms with Gasteiger partial charge in [0.1, 0.15) is 17.7 Å². The van der Waals surface area contributed by atoms with Crippen LogP contribution in [-0.4, -0.2) is 16.7 Å². The fourth-order valence-corrected chi connectivity index (χ4v) is 2.71. The molecule has 21 heavy (non-hydrogen) atoms. The first-order chi connectivity index (χ1) is 10.1. The molecule has 2 heterocycles. The summed E-state index contributed by atoms with van der Waals surface area (Å²) < 4.78 is 21.4. The standard InChI is InChI=1S/C17H21FN2O/c1-12(2)19-10-15-4-3-7-20(15)11-16-9-13-8-14(18)5-6-17(13)21-16/h3-8,12,16,19H,9-11H2,1-2H3. The summed E-state index contributed by atoms with van der Waals surface area (Å²) in [6, 6.07) is 9.39. The number of nitrogens with zero attached hydrogens (tertiary/aromatic N) is 1. The number of aromatic nitrogens is 1. The Hall–Kier alpha value is -1.81. The Labute approximate surface area is 124 Å². The zero-order chi connectivity index (χ0) is 14.8. The maximum absolute atomic E-state index is 13.2. The van der Waals surface area contributed by atoms with Gasteiger partial charge in [-0.25, -0.2) is 4.39 Å². The van der Waals surface area contributed by atoms with Gasteiger partial charge in [-0.3, -0.25) is 0 Å². The predicted octanol–water partition coefficient (Wildman–Crippen LogP) is 3.13. The van der Waals surface area contributed by atoms with Crippen LogP contribution in [0.25, 0.3) is 0 Å². The molecule has 0 saturated heterocycles. The van der Waals surface area contributed by atoms with E-state index in [-0.39, 0.29) is 11.9 Å². The summed E-state index contributed by atoms with van der Waals surface area (Å²) in [7, 11) is 0. The lowest BCUT2D eigenvalue weighted by Gasteiger charge is -2.16. The molecule has 3 rings (SSSR count). The second-order valence-corrected chi connectivity index (χ2v) is 5.88. The third-order valence-electron chi connectivity index (χ3n) is 3.78. The van der Waals surface area contributed by atoms with E-state index in [9.17, 15) is 4.39 Å². The molecule has 112 valence electrons. The SMILES string of the molecule is CC(C)NCc1cccn1CC1Cc2cc(F)ccc2O1. The minimum atomic E-state index is -0.194. The first-order valence-corrected chi connectivity index (χ1v) is 7.44. The van der Waals surface area contributed by atoms with Gasteiger partial charge in [-0.2, -0.15) is 0 Å². The van der Waals surface area contributed by atoms with Crippen LogP contribution in [0.15, 0.2) is 36.5 Å². The second-order valence-electron chi connectivity index (χ2n) is 5.88. The third kappa shape index (κ3) is 3.27. The molecule has 0 bridgehead atoms. The van der Waals surface area contributed by atoms with Crippen LogP contribution in [0.3, 0.4) is 0 Å². The molecule has 1 aliphatic rings. The van der Waals surface area contributed by atoms with Crippen LogP contribution in [0.2, 0.25) is 0 Å². The fraction of sp³-hybridized carbons (Fsp3) is 0.412. The molecule has 0 amide bonds. The van der Waals surface area contributed by atoms with Crippen molar-refractivity contribution in [1.82, 2.24) is 9.88 Å². The number of ether oxygens (including phenoxy) is 1. The minimum Gasteiger partial charge on any atom is -0.488 e. The van der Waals surface area contributed by atoms with Crippen molar-refractivity contribution in [2.24, 2.45) is 0 Å². The smallest absolute Gasteiger partial charge is 0.123 e. The van der Waals surface area contributed by atoms with Gasteiger partial charge < -0.3 is 14.6 Å². The maximum atomic E-state index is 13.2. The second kappa shape index (κ2) is 5.90. The van der Waals surface area contributed by atoms with Gasteiger partial charge in [-0.1, -0.05) is 13.8 Å². The summed E-state index contributed by atoms with van der Waals surface area (Å²) >= 11 is 0. The van der Waals surface area contributed by atoms with Crippen LogP contribution >= 0.6 is 0 Å². The van der Waals surface area contributed by atoms with Crippen LogP contribution in [0.4, 0.5) is 4.39 Å². The zero-order valence-corrected chi connectivity index (χ0v) is 12.5. The molecule has 1 aromatic carbocycles. The highest BCUT2D eigenvalue weighted by Crippen LogP contribution is 2.30. The van der Waals surface area contributed by atoms with E-state index in [0.717, 1.165) is 30.8 Å². The number of benzene rings is 1. The molecule has 0 aliphatic carbocycles. The Morgan fingerprint density at radius 1 is 1.38 bits per heavy atom. The molecule has 4 heteroatoms. The van der Waals surface area contributed by atoms with Crippen molar-refractivity contribution in [3.8, 4) is 5.75 Å². The first-order valence-electron chi connectivity index (χ1n) is 7.44. The predicted molar refractivity (Wildman–Crippen MR) is 80.9 cm³/mol. The topological polar surface area (TPSA) is 26.2 Å². The van der Waals surface area contributed by atoms with Crippen LogP contribution in [-0.2, 0) is 19.5 Å². The van der Waals surface area contributed by atoms with Gasteiger partial charge >= 0.3 is 0 Å². The lowest BCUT2D eigenvalue weighted by Crippen LogP contribution is -2.26. The van der Waals surface area contributed by atoms with E-state index in [1.165, 1.54) is 11.8 Å². The van der Waals surface area contributed by atoms with Crippen LogP contribution < -0.4 is 10.1 Å². The summed E-state index contributed by atoms with van der Waals surface area (Å²) in [5.41, 5.74) is 2.21. The summed E-state index contributed by atoms with van der Waals surface area (Å²) in [5.74, 6) is 0.621. The van der Waals surface area contributed by atoms with Gasteiger partial charge in [0.15, 0.2) is 0 Å². The molecule has 0 spiro atoms. The molecule has 0 radical (unpaired) electrons. The number of nitrogens with one attached hydrogen (secondary N) is 1. The van der Waals surface area contributed by atoms with Crippen molar-refractivity contribution < 1.29 is 9.13 Å². The molecule has 3 nitrogen and oxygen atoms in total. The first kappa shape index (κ1) is 14.1.